The van der Waals surface area contributed by atoms with Crippen LogP contribution in [0.3, 0.4) is 0 Å². The number of amides is 1. The zero-order valence-electron chi connectivity index (χ0n) is 12.4. The molecule has 1 aliphatic rings. The van der Waals surface area contributed by atoms with Crippen molar-refractivity contribution in [2.45, 2.75) is 51.4 Å². The SMILES string of the molecule is CCCNC(=O)/C(C#N)=C/c1cnc(C2CCCCC2)s1. The van der Waals surface area contributed by atoms with Crippen LogP contribution in [0, 0.1) is 11.3 Å². The Morgan fingerprint density at radius 2 is 2.29 bits per heavy atom. The van der Waals surface area contributed by atoms with Gasteiger partial charge in [-0.3, -0.25) is 4.79 Å². The molecule has 5 heteroatoms. The standard InChI is InChI=1S/C16H21N3OS/c1-2-8-18-15(20)13(10-17)9-14-11-19-16(21-14)12-6-4-3-5-7-12/h9,11-12H,2-8H2,1H3,(H,18,20)/b13-9+. The van der Waals surface area contributed by atoms with Crippen molar-refractivity contribution in [2.75, 3.05) is 6.54 Å². The van der Waals surface area contributed by atoms with Crippen molar-refractivity contribution >= 4 is 23.3 Å². The molecule has 1 fully saturated rings. The van der Waals surface area contributed by atoms with Gasteiger partial charge in [0.2, 0.25) is 0 Å². The highest BCUT2D eigenvalue weighted by Gasteiger charge is 2.18. The topological polar surface area (TPSA) is 65.8 Å². The largest absolute Gasteiger partial charge is 0.351 e. The lowest BCUT2D eigenvalue weighted by atomic mass is 9.90. The van der Waals surface area contributed by atoms with Crippen molar-refractivity contribution in [2.24, 2.45) is 0 Å². The molecule has 0 aromatic carbocycles. The lowest BCUT2D eigenvalue weighted by molar-refractivity contribution is -0.117. The van der Waals surface area contributed by atoms with Gasteiger partial charge in [-0.25, -0.2) is 4.98 Å². The Morgan fingerprint density at radius 3 is 2.95 bits per heavy atom. The molecule has 1 aromatic rings. The Balaban J connectivity index is 2.07. The summed E-state index contributed by atoms with van der Waals surface area (Å²) in [5.74, 6) is 0.261. The quantitative estimate of drug-likeness (QED) is 0.667. The van der Waals surface area contributed by atoms with Gasteiger partial charge in [0, 0.05) is 23.5 Å². The van der Waals surface area contributed by atoms with Crippen LogP contribution >= 0.6 is 11.3 Å². The summed E-state index contributed by atoms with van der Waals surface area (Å²) in [6.45, 7) is 2.57. The molecule has 1 amide bonds. The summed E-state index contributed by atoms with van der Waals surface area (Å²) in [5.41, 5.74) is 0.155. The number of nitriles is 1. The summed E-state index contributed by atoms with van der Waals surface area (Å²) in [7, 11) is 0. The maximum absolute atomic E-state index is 11.8. The molecule has 0 spiro atoms. The van der Waals surface area contributed by atoms with E-state index in [0.717, 1.165) is 16.3 Å². The minimum absolute atomic E-state index is 0.155. The summed E-state index contributed by atoms with van der Waals surface area (Å²) < 4.78 is 0. The Kier molecular flexibility index (Phi) is 5.94. The number of aromatic nitrogens is 1. The van der Waals surface area contributed by atoms with Gasteiger partial charge in [0.15, 0.2) is 0 Å². The fraction of sp³-hybridized carbons (Fsp3) is 0.562. The van der Waals surface area contributed by atoms with Crippen LogP contribution in [0.25, 0.3) is 6.08 Å². The maximum atomic E-state index is 11.8. The second kappa shape index (κ2) is 7.94. The summed E-state index contributed by atoms with van der Waals surface area (Å²) in [6.07, 6.45) is 10.6. The highest BCUT2D eigenvalue weighted by Crippen LogP contribution is 2.35. The van der Waals surface area contributed by atoms with Crippen LogP contribution in [0.15, 0.2) is 11.8 Å². The van der Waals surface area contributed by atoms with Crippen molar-refractivity contribution in [1.29, 1.82) is 5.26 Å². The number of hydrogen-bond acceptors (Lipinski definition) is 4. The van der Waals surface area contributed by atoms with Gasteiger partial charge < -0.3 is 5.32 Å². The summed E-state index contributed by atoms with van der Waals surface area (Å²) in [5, 5.41) is 13.0. The summed E-state index contributed by atoms with van der Waals surface area (Å²) >= 11 is 1.61. The van der Waals surface area contributed by atoms with Crippen molar-refractivity contribution < 1.29 is 4.79 Å². The van der Waals surface area contributed by atoms with E-state index in [4.69, 9.17) is 5.26 Å². The molecule has 0 bridgehead atoms. The average molecular weight is 303 g/mol. The number of thiazole rings is 1. The average Bonchev–Trinajstić information content (AvgIpc) is 2.99. The van der Waals surface area contributed by atoms with Crippen molar-refractivity contribution in [1.82, 2.24) is 10.3 Å². The molecule has 112 valence electrons. The zero-order chi connectivity index (χ0) is 15.1. The van der Waals surface area contributed by atoms with E-state index in [1.807, 2.05) is 13.0 Å². The van der Waals surface area contributed by atoms with E-state index in [1.165, 1.54) is 32.1 Å². The van der Waals surface area contributed by atoms with Crippen molar-refractivity contribution in [3.63, 3.8) is 0 Å². The van der Waals surface area contributed by atoms with E-state index >= 15 is 0 Å². The Labute approximate surface area is 129 Å². The number of nitrogens with zero attached hydrogens (tertiary/aromatic N) is 2. The molecular formula is C16H21N3OS. The van der Waals surface area contributed by atoms with Gasteiger partial charge in [-0.1, -0.05) is 26.2 Å². The van der Waals surface area contributed by atoms with Crippen LogP contribution in [0.2, 0.25) is 0 Å². The smallest absolute Gasteiger partial charge is 0.261 e. The highest BCUT2D eigenvalue weighted by atomic mass is 32.1. The zero-order valence-corrected chi connectivity index (χ0v) is 13.2. The molecule has 1 saturated carbocycles. The van der Waals surface area contributed by atoms with Gasteiger partial charge in [-0.2, -0.15) is 5.26 Å². The van der Waals surface area contributed by atoms with Gasteiger partial charge in [0.1, 0.15) is 11.6 Å². The first-order valence-corrected chi connectivity index (χ1v) is 8.42. The van der Waals surface area contributed by atoms with Crippen LogP contribution < -0.4 is 5.32 Å². The number of carbonyl (C=O) groups is 1. The molecule has 1 N–H and O–H groups in total. The Bertz CT molecular complexity index is 550. The van der Waals surface area contributed by atoms with Crippen LogP contribution in [-0.4, -0.2) is 17.4 Å². The number of rotatable bonds is 5. The Morgan fingerprint density at radius 1 is 1.52 bits per heavy atom. The summed E-state index contributed by atoms with van der Waals surface area (Å²) in [4.78, 5) is 17.2. The first kappa shape index (κ1) is 15.7. The normalized spacial score (nSPS) is 16.5. The molecule has 21 heavy (non-hydrogen) atoms. The first-order valence-electron chi connectivity index (χ1n) is 7.60. The molecule has 0 atom stereocenters. The van der Waals surface area contributed by atoms with Gasteiger partial charge in [0.05, 0.1) is 5.01 Å². The number of hydrogen-bond donors (Lipinski definition) is 1. The van der Waals surface area contributed by atoms with Gasteiger partial charge in [-0.15, -0.1) is 11.3 Å². The molecule has 4 nitrogen and oxygen atoms in total. The molecule has 1 aliphatic carbocycles. The third-order valence-electron chi connectivity index (χ3n) is 3.68. The number of nitrogens with one attached hydrogen (secondary N) is 1. The van der Waals surface area contributed by atoms with E-state index in [2.05, 4.69) is 10.3 Å². The molecule has 1 aromatic heterocycles. The van der Waals surface area contributed by atoms with Gasteiger partial charge in [-0.05, 0) is 25.3 Å². The van der Waals surface area contributed by atoms with E-state index in [0.29, 0.717) is 12.5 Å². The first-order chi connectivity index (χ1) is 10.2. The van der Waals surface area contributed by atoms with Crippen LogP contribution in [0.5, 0.6) is 0 Å². The van der Waals surface area contributed by atoms with Gasteiger partial charge >= 0.3 is 0 Å². The second-order valence-electron chi connectivity index (χ2n) is 5.36. The highest BCUT2D eigenvalue weighted by molar-refractivity contribution is 7.12. The molecule has 1 heterocycles. The second-order valence-corrected chi connectivity index (χ2v) is 6.46. The number of carbonyl (C=O) groups excluding carboxylic acids is 1. The predicted octanol–water partition coefficient (Wildman–Crippen LogP) is 3.62. The molecule has 0 aliphatic heterocycles. The third kappa shape index (κ3) is 4.40. The van der Waals surface area contributed by atoms with Crippen LogP contribution in [0.4, 0.5) is 0 Å². The minimum Gasteiger partial charge on any atom is -0.351 e. The predicted molar refractivity (Wildman–Crippen MR) is 84.8 cm³/mol. The molecular weight excluding hydrogens is 282 g/mol. The third-order valence-corrected chi connectivity index (χ3v) is 4.79. The van der Waals surface area contributed by atoms with E-state index < -0.39 is 0 Å². The minimum atomic E-state index is -0.299. The van der Waals surface area contributed by atoms with Crippen molar-refractivity contribution in [3.05, 3.63) is 21.7 Å². The summed E-state index contributed by atoms with van der Waals surface area (Å²) in [6, 6.07) is 1.98. The van der Waals surface area contributed by atoms with E-state index in [1.54, 1.807) is 23.6 Å². The molecule has 0 radical (unpaired) electrons. The van der Waals surface area contributed by atoms with Crippen LogP contribution in [-0.2, 0) is 4.79 Å². The van der Waals surface area contributed by atoms with Crippen molar-refractivity contribution in [3.8, 4) is 6.07 Å². The van der Waals surface area contributed by atoms with Gasteiger partial charge in [0.25, 0.3) is 5.91 Å². The van der Waals surface area contributed by atoms with Crippen LogP contribution in [0.1, 0.15) is 61.3 Å². The lowest BCUT2D eigenvalue weighted by Crippen LogP contribution is -2.24. The maximum Gasteiger partial charge on any atom is 0.261 e. The monoisotopic (exact) mass is 303 g/mol. The molecule has 0 unspecified atom stereocenters. The Hall–Kier alpha value is -1.67. The van der Waals surface area contributed by atoms with E-state index in [-0.39, 0.29) is 11.5 Å². The fourth-order valence-electron chi connectivity index (χ4n) is 2.53. The molecule has 2 rings (SSSR count). The fourth-order valence-corrected chi connectivity index (χ4v) is 3.56. The van der Waals surface area contributed by atoms with E-state index in [9.17, 15) is 4.79 Å². The molecule has 0 saturated heterocycles. The lowest BCUT2D eigenvalue weighted by Gasteiger charge is -2.18.